The molecule has 1 aliphatic heterocycles. The van der Waals surface area contributed by atoms with Crippen LogP contribution in [0.4, 0.5) is 28.0 Å². The minimum absolute atomic E-state index is 0.0334. The third-order valence-corrected chi connectivity index (χ3v) is 3.69. The normalized spacial score (nSPS) is 16.7. The lowest BCUT2D eigenvalue weighted by Crippen LogP contribution is -2.41. The van der Waals surface area contributed by atoms with Crippen LogP contribution in [0.25, 0.3) is 0 Å². The van der Waals surface area contributed by atoms with E-state index < -0.39 is 29.3 Å². The summed E-state index contributed by atoms with van der Waals surface area (Å²) in [5.41, 5.74) is -1.69. The summed E-state index contributed by atoms with van der Waals surface area (Å²) in [6.07, 6.45) is -3.56. The number of likely N-dealkylation sites (tertiary alicyclic amines) is 1. The number of anilines is 1. The molecule has 1 aromatic rings. The van der Waals surface area contributed by atoms with Gasteiger partial charge in [0.25, 0.3) is 0 Å². The maximum absolute atomic E-state index is 13.0. The van der Waals surface area contributed by atoms with Crippen LogP contribution in [0.15, 0.2) is 18.2 Å². The van der Waals surface area contributed by atoms with Crippen molar-refractivity contribution in [2.75, 3.05) is 25.0 Å². The molecule has 0 unspecified atom stereocenters. The number of rotatable bonds is 2. The summed E-state index contributed by atoms with van der Waals surface area (Å²) in [5, 5.41) is 11.2. The van der Waals surface area contributed by atoms with E-state index in [0.717, 1.165) is 12.1 Å². The standard InChI is InChI=1S/C14H16F4N2O2/c15-10-1-2-12(11(7-10)14(16,17)18)19-13(22)20-5-3-9(8-21)4-6-20/h1-2,7,9,21H,3-6,8H2,(H,19,22). The van der Waals surface area contributed by atoms with Crippen LogP contribution in [0.1, 0.15) is 18.4 Å². The van der Waals surface area contributed by atoms with Crippen LogP contribution in [-0.4, -0.2) is 35.7 Å². The summed E-state index contributed by atoms with van der Waals surface area (Å²) in [6.45, 7) is 0.755. The largest absolute Gasteiger partial charge is 0.418 e. The predicted octanol–water partition coefficient (Wildman–Crippen LogP) is 3.08. The van der Waals surface area contributed by atoms with Crippen molar-refractivity contribution in [3.8, 4) is 0 Å². The van der Waals surface area contributed by atoms with Crippen molar-refractivity contribution in [3.63, 3.8) is 0 Å². The first kappa shape index (κ1) is 16.5. The van der Waals surface area contributed by atoms with Crippen LogP contribution >= 0.6 is 0 Å². The third kappa shape index (κ3) is 3.88. The maximum Gasteiger partial charge on any atom is 0.418 e. The number of carbonyl (C=O) groups excluding carboxylic acids is 1. The van der Waals surface area contributed by atoms with E-state index in [-0.39, 0.29) is 12.5 Å². The van der Waals surface area contributed by atoms with Crippen molar-refractivity contribution in [3.05, 3.63) is 29.6 Å². The van der Waals surface area contributed by atoms with Crippen LogP contribution in [0.5, 0.6) is 0 Å². The van der Waals surface area contributed by atoms with E-state index in [1.807, 2.05) is 0 Å². The number of hydrogen-bond acceptors (Lipinski definition) is 2. The molecule has 0 saturated carbocycles. The van der Waals surface area contributed by atoms with Crippen LogP contribution < -0.4 is 5.32 Å². The predicted molar refractivity (Wildman–Crippen MR) is 71.8 cm³/mol. The number of alkyl halides is 3. The number of hydrogen-bond donors (Lipinski definition) is 2. The number of piperidine rings is 1. The second-order valence-corrected chi connectivity index (χ2v) is 5.23. The fourth-order valence-corrected chi connectivity index (χ4v) is 2.37. The van der Waals surface area contributed by atoms with Crippen LogP contribution in [-0.2, 0) is 6.18 Å². The van der Waals surface area contributed by atoms with Crippen molar-refractivity contribution in [1.82, 2.24) is 4.90 Å². The number of nitrogens with one attached hydrogen (secondary N) is 1. The van der Waals surface area contributed by atoms with Gasteiger partial charge in [0.15, 0.2) is 0 Å². The van der Waals surface area contributed by atoms with Crippen molar-refractivity contribution in [2.24, 2.45) is 5.92 Å². The number of amides is 2. The Morgan fingerprint density at radius 2 is 1.95 bits per heavy atom. The fraction of sp³-hybridized carbons (Fsp3) is 0.500. The lowest BCUT2D eigenvalue weighted by Gasteiger charge is -2.31. The first-order chi connectivity index (χ1) is 10.3. The van der Waals surface area contributed by atoms with E-state index in [9.17, 15) is 22.4 Å². The van der Waals surface area contributed by atoms with Crippen molar-refractivity contribution in [1.29, 1.82) is 0 Å². The zero-order valence-electron chi connectivity index (χ0n) is 11.7. The molecule has 4 nitrogen and oxygen atoms in total. The molecule has 8 heteroatoms. The van der Waals surface area contributed by atoms with Crippen LogP contribution in [0.3, 0.4) is 0 Å². The van der Waals surface area contributed by atoms with Gasteiger partial charge in [-0.05, 0) is 37.0 Å². The van der Waals surface area contributed by atoms with Gasteiger partial charge in [-0.1, -0.05) is 0 Å². The molecule has 122 valence electrons. The second-order valence-electron chi connectivity index (χ2n) is 5.23. The molecule has 0 spiro atoms. The van der Waals surface area contributed by atoms with Gasteiger partial charge in [-0.3, -0.25) is 0 Å². The number of nitrogens with zero attached hydrogens (tertiary/aromatic N) is 1. The van der Waals surface area contributed by atoms with Gasteiger partial charge < -0.3 is 15.3 Å². The minimum atomic E-state index is -4.76. The Morgan fingerprint density at radius 3 is 2.50 bits per heavy atom. The van der Waals surface area contributed by atoms with Crippen LogP contribution in [0.2, 0.25) is 0 Å². The molecule has 0 radical (unpaired) electrons. The molecule has 2 N–H and O–H groups in total. The summed E-state index contributed by atoms with van der Waals surface area (Å²) in [6, 6.07) is 1.46. The number of aliphatic hydroxyl groups excluding tert-OH is 1. The lowest BCUT2D eigenvalue weighted by atomic mass is 9.98. The van der Waals surface area contributed by atoms with E-state index in [0.29, 0.717) is 32.0 Å². The topological polar surface area (TPSA) is 52.6 Å². The number of carbonyl (C=O) groups is 1. The Balaban J connectivity index is 2.09. The van der Waals surface area contributed by atoms with Gasteiger partial charge in [0.1, 0.15) is 5.82 Å². The quantitative estimate of drug-likeness (QED) is 0.823. The summed E-state index contributed by atoms with van der Waals surface area (Å²) in [4.78, 5) is 13.4. The Kier molecular flexibility index (Phi) is 4.90. The minimum Gasteiger partial charge on any atom is -0.396 e. The third-order valence-electron chi connectivity index (χ3n) is 3.69. The van der Waals surface area contributed by atoms with Gasteiger partial charge in [-0.2, -0.15) is 13.2 Å². The second kappa shape index (κ2) is 6.51. The van der Waals surface area contributed by atoms with Gasteiger partial charge in [0.05, 0.1) is 11.3 Å². The number of urea groups is 1. The molecule has 0 bridgehead atoms. The van der Waals surface area contributed by atoms with E-state index in [1.54, 1.807) is 0 Å². The molecule has 22 heavy (non-hydrogen) atoms. The Hall–Kier alpha value is -1.83. The summed E-state index contributed by atoms with van der Waals surface area (Å²) < 4.78 is 51.6. The SMILES string of the molecule is O=C(Nc1ccc(F)cc1C(F)(F)F)N1CCC(CO)CC1. The highest BCUT2D eigenvalue weighted by Crippen LogP contribution is 2.35. The smallest absolute Gasteiger partial charge is 0.396 e. The molecule has 1 aromatic carbocycles. The molecule has 2 rings (SSSR count). The number of benzene rings is 1. The highest BCUT2D eigenvalue weighted by atomic mass is 19.4. The Bertz CT molecular complexity index is 540. The van der Waals surface area contributed by atoms with Crippen molar-refractivity contribution < 1.29 is 27.5 Å². The number of halogens is 4. The molecule has 1 saturated heterocycles. The van der Waals surface area contributed by atoms with Crippen molar-refractivity contribution >= 4 is 11.7 Å². The molecule has 0 aliphatic carbocycles. The molecule has 1 heterocycles. The summed E-state index contributed by atoms with van der Waals surface area (Å²) in [7, 11) is 0. The number of aliphatic hydroxyl groups is 1. The Labute approximate surface area is 124 Å². The average Bonchev–Trinajstić information content (AvgIpc) is 2.48. The molecule has 1 aliphatic rings. The summed E-state index contributed by atoms with van der Waals surface area (Å²) in [5.74, 6) is -0.908. The molecular weight excluding hydrogens is 304 g/mol. The van der Waals surface area contributed by atoms with E-state index >= 15 is 0 Å². The molecule has 2 amide bonds. The monoisotopic (exact) mass is 320 g/mol. The first-order valence-corrected chi connectivity index (χ1v) is 6.85. The molecule has 0 atom stereocenters. The van der Waals surface area contributed by atoms with Gasteiger partial charge >= 0.3 is 12.2 Å². The van der Waals surface area contributed by atoms with Gasteiger partial charge in [0.2, 0.25) is 0 Å². The average molecular weight is 320 g/mol. The zero-order chi connectivity index (χ0) is 16.3. The summed E-state index contributed by atoms with van der Waals surface area (Å²) >= 11 is 0. The molecule has 0 aromatic heterocycles. The highest BCUT2D eigenvalue weighted by molar-refractivity contribution is 5.90. The fourth-order valence-electron chi connectivity index (χ4n) is 2.37. The van der Waals surface area contributed by atoms with Gasteiger partial charge in [-0.25, -0.2) is 9.18 Å². The highest BCUT2D eigenvalue weighted by Gasteiger charge is 2.35. The van der Waals surface area contributed by atoms with Gasteiger partial charge in [-0.15, -0.1) is 0 Å². The van der Waals surface area contributed by atoms with Gasteiger partial charge in [0, 0.05) is 19.7 Å². The zero-order valence-corrected chi connectivity index (χ0v) is 11.7. The van der Waals surface area contributed by atoms with E-state index in [1.165, 1.54) is 4.90 Å². The van der Waals surface area contributed by atoms with E-state index in [4.69, 9.17) is 5.11 Å². The molecule has 1 fully saturated rings. The first-order valence-electron chi connectivity index (χ1n) is 6.85. The maximum atomic E-state index is 13.0. The lowest BCUT2D eigenvalue weighted by molar-refractivity contribution is -0.137. The Morgan fingerprint density at radius 1 is 1.32 bits per heavy atom. The van der Waals surface area contributed by atoms with Crippen LogP contribution in [0, 0.1) is 11.7 Å². The van der Waals surface area contributed by atoms with Crippen molar-refractivity contribution in [2.45, 2.75) is 19.0 Å². The van der Waals surface area contributed by atoms with E-state index in [2.05, 4.69) is 5.32 Å². The molecular formula is C14H16F4N2O2.